The van der Waals surface area contributed by atoms with Crippen molar-refractivity contribution in [2.24, 2.45) is 0 Å². The first-order valence-electron chi connectivity index (χ1n) is 11.4. The van der Waals surface area contributed by atoms with E-state index in [1.807, 2.05) is 18.3 Å². The Hall–Kier alpha value is -2.46. The Bertz CT molecular complexity index is 965. The lowest BCUT2D eigenvalue weighted by molar-refractivity contribution is -0.141. The molecule has 1 unspecified atom stereocenters. The van der Waals surface area contributed by atoms with E-state index < -0.39 is 17.4 Å². The minimum Gasteiger partial charge on any atom is -0.375 e. The highest BCUT2D eigenvalue weighted by Gasteiger charge is 2.48. The molecular formula is C25H28F3N3O. The van der Waals surface area contributed by atoms with Crippen molar-refractivity contribution in [3.63, 3.8) is 0 Å². The Kier molecular flexibility index (Phi) is 6.52. The van der Waals surface area contributed by atoms with Crippen molar-refractivity contribution in [3.05, 3.63) is 59.2 Å². The van der Waals surface area contributed by atoms with Gasteiger partial charge in [0, 0.05) is 30.1 Å². The molecule has 1 saturated heterocycles. The van der Waals surface area contributed by atoms with E-state index in [0.29, 0.717) is 12.0 Å². The Morgan fingerprint density at radius 2 is 1.91 bits per heavy atom. The third kappa shape index (κ3) is 4.80. The molecule has 1 aliphatic heterocycles. The van der Waals surface area contributed by atoms with Gasteiger partial charge in [-0.1, -0.05) is 25.3 Å². The fourth-order valence-electron chi connectivity index (χ4n) is 5.54. The summed E-state index contributed by atoms with van der Waals surface area (Å²) in [6.45, 7) is 0.741. The van der Waals surface area contributed by atoms with Gasteiger partial charge in [0.2, 0.25) is 0 Å². The molecular weight excluding hydrogens is 415 g/mol. The number of alkyl halides is 3. The van der Waals surface area contributed by atoms with Crippen LogP contribution in [0, 0.1) is 11.3 Å². The smallest absolute Gasteiger partial charge is 0.375 e. The van der Waals surface area contributed by atoms with Gasteiger partial charge in [0.25, 0.3) is 0 Å². The van der Waals surface area contributed by atoms with Crippen molar-refractivity contribution in [1.29, 1.82) is 5.26 Å². The molecule has 2 fully saturated rings. The second-order valence-corrected chi connectivity index (χ2v) is 9.22. The Balaban J connectivity index is 1.44. The first-order valence-corrected chi connectivity index (χ1v) is 11.4. The molecule has 0 amide bonds. The summed E-state index contributed by atoms with van der Waals surface area (Å²) in [7, 11) is 0. The van der Waals surface area contributed by atoms with E-state index in [0.717, 1.165) is 57.2 Å². The summed E-state index contributed by atoms with van der Waals surface area (Å²) in [6, 6.07) is 9.06. The molecule has 1 atom stereocenters. The summed E-state index contributed by atoms with van der Waals surface area (Å²) in [5.74, 6) is 0. The number of ether oxygens (including phenoxy) is 1. The summed E-state index contributed by atoms with van der Waals surface area (Å²) < 4.78 is 45.2. The molecule has 1 spiro atoms. The largest absolute Gasteiger partial charge is 0.434 e. The van der Waals surface area contributed by atoms with Gasteiger partial charge in [0.1, 0.15) is 6.07 Å². The van der Waals surface area contributed by atoms with E-state index in [2.05, 4.69) is 11.1 Å². The van der Waals surface area contributed by atoms with Crippen molar-refractivity contribution in [2.75, 3.05) is 6.61 Å². The van der Waals surface area contributed by atoms with Gasteiger partial charge in [0.15, 0.2) is 5.69 Å². The summed E-state index contributed by atoms with van der Waals surface area (Å²) in [6.07, 6.45) is 8.35. The van der Waals surface area contributed by atoms with Crippen LogP contribution in [0.5, 0.6) is 0 Å². The molecule has 32 heavy (non-hydrogen) atoms. The maximum atomic E-state index is 13.0. The molecule has 2 aromatic rings. The second kappa shape index (κ2) is 9.19. The van der Waals surface area contributed by atoms with E-state index in [1.165, 1.54) is 25.1 Å². The van der Waals surface area contributed by atoms with E-state index in [1.54, 1.807) is 6.07 Å². The molecule has 0 N–H and O–H groups in total. The molecule has 4 rings (SSSR count). The molecule has 2 aliphatic rings. The number of nitrogens with zero attached hydrogens (tertiary/aromatic N) is 3. The molecule has 0 bridgehead atoms. The number of hydrogen-bond acceptors (Lipinski definition) is 4. The zero-order valence-corrected chi connectivity index (χ0v) is 18.1. The molecule has 4 nitrogen and oxygen atoms in total. The maximum absolute atomic E-state index is 13.0. The average molecular weight is 444 g/mol. The third-order valence-corrected chi connectivity index (χ3v) is 7.08. The summed E-state index contributed by atoms with van der Waals surface area (Å²) >= 11 is 0. The van der Waals surface area contributed by atoms with Gasteiger partial charge in [-0.05, 0) is 68.7 Å². The minimum atomic E-state index is -4.61. The van der Waals surface area contributed by atoms with Crippen LogP contribution in [0.1, 0.15) is 80.3 Å². The number of hydrogen-bond donors (Lipinski definition) is 0. The van der Waals surface area contributed by atoms with Crippen LogP contribution < -0.4 is 0 Å². The fourth-order valence-corrected chi connectivity index (χ4v) is 5.54. The van der Waals surface area contributed by atoms with Gasteiger partial charge in [-0.2, -0.15) is 18.4 Å². The van der Waals surface area contributed by atoms with Gasteiger partial charge in [-0.3, -0.25) is 9.97 Å². The number of halogens is 3. The van der Waals surface area contributed by atoms with E-state index in [-0.39, 0.29) is 11.0 Å². The van der Waals surface area contributed by atoms with Gasteiger partial charge in [-0.25, -0.2) is 0 Å². The van der Waals surface area contributed by atoms with E-state index in [4.69, 9.17) is 15.0 Å². The van der Waals surface area contributed by atoms with E-state index >= 15 is 0 Å². The SMILES string of the molecule is N#Cc1cc(CCCCC2(c3ccccn3)CCOC3(CCCC3)C2)cnc1C(F)(F)F. The van der Waals surface area contributed by atoms with Crippen LogP contribution in [0.4, 0.5) is 13.2 Å². The Labute approximate surface area is 186 Å². The zero-order chi connectivity index (χ0) is 22.7. The normalized spacial score (nSPS) is 22.7. The average Bonchev–Trinajstić information content (AvgIpc) is 3.23. The predicted octanol–water partition coefficient (Wildman–Crippen LogP) is 6.14. The monoisotopic (exact) mass is 443 g/mol. The first kappa shape index (κ1) is 22.7. The summed E-state index contributed by atoms with van der Waals surface area (Å²) in [5, 5.41) is 9.10. The zero-order valence-electron chi connectivity index (χ0n) is 18.1. The topological polar surface area (TPSA) is 58.8 Å². The van der Waals surface area contributed by atoms with Crippen LogP contribution in [0.3, 0.4) is 0 Å². The molecule has 7 heteroatoms. The van der Waals surface area contributed by atoms with Crippen molar-refractivity contribution >= 4 is 0 Å². The van der Waals surface area contributed by atoms with Gasteiger partial charge >= 0.3 is 6.18 Å². The standard InChI is InChI=1S/C25H28F3N3O/c26-25(27,28)22-20(16-29)15-19(17-31-22)7-1-3-9-23(21-8-2-6-13-30-21)12-14-32-24(18-23)10-4-5-11-24/h2,6,8,13,15,17H,1,3-5,7,9-12,14,18H2. The number of nitriles is 1. The van der Waals surface area contributed by atoms with Crippen LogP contribution in [0.2, 0.25) is 0 Å². The van der Waals surface area contributed by atoms with Crippen molar-refractivity contribution < 1.29 is 17.9 Å². The van der Waals surface area contributed by atoms with Crippen LogP contribution in [0.25, 0.3) is 0 Å². The molecule has 170 valence electrons. The predicted molar refractivity (Wildman–Crippen MR) is 114 cm³/mol. The number of rotatable bonds is 6. The summed E-state index contributed by atoms with van der Waals surface area (Å²) in [5.41, 5.74) is 0.210. The number of aryl methyl sites for hydroxylation is 1. The number of unbranched alkanes of at least 4 members (excludes halogenated alkanes) is 1. The molecule has 1 aliphatic carbocycles. The highest BCUT2D eigenvalue weighted by atomic mass is 19.4. The van der Waals surface area contributed by atoms with Crippen molar-refractivity contribution in [2.45, 2.75) is 81.4 Å². The first-order chi connectivity index (χ1) is 15.4. The lowest BCUT2D eigenvalue weighted by Crippen LogP contribution is -2.46. The lowest BCUT2D eigenvalue weighted by atomic mass is 9.67. The fraction of sp³-hybridized carbons (Fsp3) is 0.560. The summed E-state index contributed by atoms with van der Waals surface area (Å²) in [4.78, 5) is 8.24. The van der Waals surface area contributed by atoms with Gasteiger partial charge < -0.3 is 4.74 Å². The quantitative estimate of drug-likeness (QED) is 0.503. The molecule has 0 aromatic carbocycles. The van der Waals surface area contributed by atoms with Crippen LogP contribution in [-0.4, -0.2) is 22.2 Å². The van der Waals surface area contributed by atoms with Gasteiger partial charge in [0.05, 0.1) is 11.2 Å². The maximum Gasteiger partial charge on any atom is 0.434 e. The van der Waals surface area contributed by atoms with Gasteiger partial charge in [-0.15, -0.1) is 0 Å². The highest BCUT2D eigenvalue weighted by molar-refractivity contribution is 5.37. The van der Waals surface area contributed by atoms with E-state index in [9.17, 15) is 13.2 Å². The third-order valence-electron chi connectivity index (χ3n) is 7.08. The van der Waals surface area contributed by atoms with Crippen LogP contribution in [-0.2, 0) is 22.7 Å². The Morgan fingerprint density at radius 3 is 2.59 bits per heavy atom. The lowest BCUT2D eigenvalue weighted by Gasteiger charge is -2.46. The molecule has 0 radical (unpaired) electrons. The van der Waals surface area contributed by atoms with Crippen molar-refractivity contribution in [1.82, 2.24) is 9.97 Å². The van der Waals surface area contributed by atoms with Crippen LogP contribution in [0.15, 0.2) is 36.7 Å². The second-order valence-electron chi connectivity index (χ2n) is 9.22. The molecule has 3 heterocycles. The minimum absolute atomic E-state index is 0.0277. The number of aromatic nitrogens is 2. The molecule has 1 saturated carbocycles. The van der Waals surface area contributed by atoms with Crippen molar-refractivity contribution in [3.8, 4) is 6.07 Å². The Morgan fingerprint density at radius 1 is 1.09 bits per heavy atom. The number of pyridine rings is 2. The van der Waals surface area contributed by atoms with Crippen LogP contribution >= 0.6 is 0 Å². The molecule has 2 aromatic heterocycles. The highest BCUT2D eigenvalue weighted by Crippen LogP contribution is 2.50.